The molecule has 28 heavy (non-hydrogen) atoms. The van der Waals surface area contributed by atoms with Crippen LogP contribution in [-0.2, 0) is 22.3 Å². The lowest BCUT2D eigenvalue weighted by molar-refractivity contribution is -0.137. The molecule has 2 atom stereocenters. The summed E-state index contributed by atoms with van der Waals surface area (Å²) >= 11 is 0. The van der Waals surface area contributed by atoms with E-state index in [0.717, 1.165) is 12.1 Å². The number of azide groups is 1. The van der Waals surface area contributed by atoms with Gasteiger partial charge in [-0.2, -0.15) is 13.2 Å². The third-order valence-corrected chi connectivity index (χ3v) is 4.12. The summed E-state index contributed by atoms with van der Waals surface area (Å²) in [4.78, 5) is 16.6. The number of carbonyl (C=O) groups excluding carboxylic acids is 1. The standard InChI is InChI=1S/C18H23F3N4O3/c1-17(2,3)28-16(26)25-9-8-14(23-24-22)15(10-25)27-11-12-4-6-13(7-5-12)18(19,20)21/h4-7,14-15H,8-11H2,1-3H3. The second-order valence-electron chi connectivity index (χ2n) is 7.53. The van der Waals surface area contributed by atoms with Gasteiger partial charge < -0.3 is 14.4 Å². The number of nitrogens with zero attached hydrogens (tertiary/aromatic N) is 4. The Balaban J connectivity index is 2.02. The lowest BCUT2D eigenvalue weighted by atomic mass is 10.0. The molecule has 2 rings (SSSR count). The van der Waals surface area contributed by atoms with Gasteiger partial charge in [0.2, 0.25) is 0 Å². The van der Waals surface area contributed by atoms with Crippen LogP contribution in [0.25, 0.3) is 10.4 Å². The van der Waals surface area contributed by atoms with Crippen molar-refractivity contribution >= 4 is 6.09 Å². The van der Waals surface area contributed by atoms with Crippen LogP contribution in [0.3, 0.4) is 0 Å². The van der Waals surface area contributed by atoms with Gasteiger partial charge in [-0.15, -0.1) is 0 Å². The van der Waals surface area contributed by atoms with Crippen molar-refractivity contribution in [3.63, 3.8) is 0 Å². The first-order valence-corrected chi connectivity index (χ1v) is 8.79. The summed E-state index contributed by atoms with van der Waals surface area (Å²) in [6.45, 7) is 5.84. The Morgan fingerprint density at radius 3 is 2.46 bits per heavy atom. The molecule has 154 valence electrons. The van der Waals surface area contributed by atoms with Crippen LogP contribution in [0.5, 0.6) is 0 Å². The largest absolute Gasteiger partial charge is 0.444 e. The molecule has 1 amide bonds. The summed E-state index contributed by atoms with van der Waals surface area (Å²) in [6, 6.07) is 4.16. The van der Waals surface area contributed by atoms with Crippen LogP contribution in [0.15, 0.2) is 29.4 Å². The number of likely N-dealkylation sites (tertiary alicyclic amines) is 1. The molecule has 7 nitrogen and oxygen atoms in total. The van der Waals surface area contributed by atoms with E-state index in [9.17, 15) is 18.0 Å². The number of hydrogen-bond donors (Lipinski definition) is 0. The molecule has 0 aliphatic carbocycles. The number of hydrogen-bond acceptors (Lipinski definition) is 4. The minimum atomic E-state index is -4.40. The van der Waals surface area contributed by atoms with Crippen molar-refractivity contribution in [3.05, 3.63) is 45.8 Å². The Bertz CT molecular complexity index is 725. The first kappa shape index (κ1) is 21.8. The van der Waals surface area contributed by atoms with E-state index in [0.29, 0.717) is 18.5 Å². The number of alkyl halides is 3. The van der Waals surface area contributed by atoms with Gasteiger partial charge in [0.15, 0.2) is 0 Å². The maximum absolute atomic E-state index is 12.6. The van der Waals surface area contributed by atoms with Crippen LogP contribution in [0, 0.1) is 0 Å². The van der Waals surface area contributed by atoms with Crippen LogP contribution in [0.1, 0.15) is 38.3 Å². The molecule has 1 saturated heterocycles. The number of carbonyl (C=O) groups is 1. The van der Waals surface area contributed by atoms with Gasteiger partial charge in [0.25, 0.3) is 0 Å². The molecule has 1 aliphatic rings. The summed E-state index contributed by atoms with van der Waals surface area (Å²) in [5, 5.41) is 3.72. The van der Waals surface area contributed by atoms with Gasteiger partial charge in [0.1, 0.15) is 5.60 Å². The summed E-state index contributed by atoms with van der Waals surface area (Å²) in [6.07, 6.45) is -5.07. The maximum atomic E-state index is 12.6. The van der Waals surface area contributed by atoms with Gasteiger partial charge in [-0.1, -0.05) is 17.2 Å². The van der Waals surface area contributed by atoms with Crippen LogP contribution < -0.4 is 0 Å². The normalized spacial score (nSPS) is 20.4. The van der Waals surface area contributed by atoms with Gasteiger partial charge in [-0.05, 0) is 50.4 Å². The van der Waals surface area contributed by atoms with E-state index in [4.69, 9.17) is 15.0 Å². The van der Waals surface area contributed by atoms with Gasteiger partial charge in [-0.25, -0.2) is 4.79 Å². The third-order valence-electron chi connectivity index (χ3n) is 4.12. The van der Waals surface area contributed by atoms with Gasteiger partial charge in [0.05, 0.1) is 30.9 Å². The molecule has 1 aromatic carbocycles. The highest BCUT2D eigenvalue weighted by Gasteiger charge is 2.34. The molecule has 2 unspecified atom stereocenters. The molecular weight excluding hydrogens is 377 g/mol. The summed E-state index contributed by atoms with van der Waals surface area (Å²) in [5.41, 5.74) is 7.91. The molecule has 1 fully saturated rings. The average Bonchev–Trinajstić information content (AvgIpc) is 2.59. The Labute approximate surface area is 161 Å². The molecule has 0 radical (unpaired) electrons. The second kappa shape index (κ2) is 8.70. The van der Waals surface area contributed by atoms with Crippen molar-refractivity contribution in [2.75, 3.05) is 13.1 Å². The smallest absolute Gasteiger partial charge is 0.416 e. The van der Waals surface area contributed by atoms with E-state index in [-0.39, 0.29) is 13.2 Å². The molecule has 0 bridgehead atoms. The molecule has 1 aromatic rings. The van der Waals surface area contributed by atoms with Gasteiger partial charge in [-0.3, -0.25) is 0 Å². The lowest BCUT2D eigenvalue weighted by Gasteiger charge is -2.37. The van der Waals surface area contributed by atoms with E-state index >= 15 is 0 Å². The fourth-order valence-electron chi connectivity index (χ4n) is 2.75. The predicted molar refractivity (Wildman–Crippen MR) is 95.4 cm³/mol. The quantitative estimate of drug-likeness (QED) is 0.409. The molecule has 0 spiro atoms. The highest BCUT2D eigenvalue weighted by molar-refractivity contribution is 5.68. The fraction of sp³-hybridized carbons (Fsp3) is 0.611. The van der Waals surface area contributed by atoms with Crippen LogP contribution in [0.4, 0.5) is 18.0 Å². The molecule has 0 aromatic heterocycles. The zero-order chi connectivity index (χ0) is 20.9. The number of halogens is 3. The number of benzene rings is 1. The van der Waals surface area contributed by atoms with Crippen LogP contribution >= 0.6 is 0 Å². The zero-order valence-electron chi connectivity index (χ0n) is 15.9. The Morgan fingerprint density at radius 2 is 1.93 bits per heavy atom. The molecule has 0 N–H and O–H groups in total. The number of piperidine rings is 1. The number of ether oxygens (including phenoxy) is 2. The van der Waals surface area contributed by atoms with E-state index < -0.39 is 35.6 Å². The van der Waals surface area contributed by atoms with Crippen LogP contribution in [0.2, 0.25) is 0 Å². The Morgan fingerprint density at radius 1 is 1.29 bits per heavy atom. The summed E-state index contributed by atoms with van der Waals surface area (Å²) in [5.74, 6) is 0. The second-order valence-corrected chi connectivity index (χ2v) is 7.53. The van der Waals surface area contributed by atoms with Gasteiger partial charge >= 0.3 is 12.3 Å². The average molecular weight is 400 g/mol. The van der Waals surface area contributed by atoms with Crippen LogP contribution in [-0.4, -0.2) is 41.8 Å². The van der Waals surface area contributed by atoms with E-state index in [2.05, 4.69) is 10.0 Å². The summed E-state index contributed by atoms with van der Waals surface area (Å²) < 4.78 is 49.0. The topological polar surface area (TPSA) is 87.5 Å². The highest BCUT2D eigenvalue weighted by Crippen LogP contribution is 2.29. The van der Waals surface area contributed by atoms with Crippen molar-refractivity contribution in [2.45, 2.75) is 57.7 Å². The summed E-state index contributed by atoms with van der Waals surface area (Å²) in [7, 11) is 0. The predicted octanol–water partition coefficient (Wildman–Crippen LogP) is 4.91. The van der Waals surface area contributed by atoms with Crippen molar-refractivity contribution in [1.82, 2.24) is 4.90 Å². The number of amides is 1. The van der Waals surface area contributed by atoms with Crippen molar-refractivity contribution < 1.29 is 27.4 Å². The molecule has 10 heteroatoms. The van der Waals surface area contributed by atoms with Crippen molar-refractivity contribution in [3.8, 4) is 0 Å². The van der Waals surface area contributed by atoms with Crippen molar-refractivity contribution in [2.24, 2.45) is 5.11 Å². The minimum Gasteiger partial charge on any atom is -0.444 e. The van der Waals surface area contributed by atoms with E-state index in [1.165, 1.54) is 17.0 Å². The number of rotatable bonds is 4. The molecule has 0 saturated carbocycles. The molecule has 1 aliphatic heterocycles. The van der Waals surface area contributed by atoms with Gasteiger partial charge in [0, 0.05) is 11.5 Å². The lowest BCUT2D eigenvalue weighted by Crippen LogP contribution is -2.50. The third kappa shape index (κ3) is 6.31. The van der Waals surface area contributed by atoms with Crippen molar-refractivity contribution in [1.29, 1.82) is 0 Å². The Kier molecular flexibility index (Phi) is 6.79. The van der Waals surface area contributed by atoms with E-state index in [1.807, 2.05) is 0 Å². The monoisotopic (exact) mass is 400 g/mol. The zero-order valence-corrected chi connectivity index (χ0v) is 15.9. The highest BCUT2D eigenvalue weighted by atomic mass is 19.4. The Hall–Kier alpha value is -2.45. The molecule has 1 heterocycles. The first-order valence-electron chi connectivity index (χ1n) is 8.79. The molecular formula is C18H23F3N4O3. The van der Waals surface area contributed by atoms with E-state index in [1.54, 1.807) is 20.8 Å². The minimum absolute atomic E-state index is 0.0302. The first-order chi connectivity index (χ1) is 13.0. The fourth-order valence-corrected chi connectivity index (χ4v) is 2.75. The SMILES string of the molecule is CC(C)(C)OC(=O)N1CCC(N=[N+]=[N-])C(OCc2ccc(C(F)(F)F)cc2)C1. The maximum Gasteiger partial charge on any atom is 0.416 e.